The first-order valence-corrected chi connectivity index (χ1v) is 7.09. The minimum Gasteiger partial charge on any atom is -0.507 e. The lowest BCUT2D eigenvalue weighted by Gasteiger charge is -2.06. The molecule has 0 radical (unpaired) electrons. The van der Waals surface area contributed by atoms with Gasteiger partial charge >= 0.3 is 0 Å². The second-order valence-electron chi connectivity index (χ2n) is 5.03. The highest BCUT2D eigenvalue weighted by Gasteiger charge is 2.15. The molecular formula is C17H11N3O4. The number of aromatic hydroxyl groups is 1. The van der Waals surface area contributed by atoms with E-state index in [4.69, 9.17) is 8.83 Å². The van der Waals surface area contributed by atoms with Crippen LogP contribution in [0.2, 0.25) is 0 Å². The second-order valence-corrected chi connectivity index (χ2v) is 5.03. The van der Waals surface area contributed by atoms with Crippen LogP contribution in [0.1, 0.15) is 10.6 Å². The number of nitrogens with one attached hydrogen (secondary N) is 1. The van der Waals surface area contributed by atoms with Crippen molar-refractivity contribution >= 4 is 22.7 Å². The van der Waals surface area contributed by atoms with Gasteiger partial charge < -0.3 is 19.3 Å². The lowest BCUT2D eigenvalue weighted by molar-refractivity contribution is 0.0996. The molecule has 1 aromatic carbocycles. The predicted molar refractivity (Wildman–Crippen MR) is 85.6 cm³/mol. The van der Waals surface area contributed by atoms with Gasteiger partial charge in [-0.05, 0) is 30.3 Å². The molecular weight excluding hydrogens is 310 g/mol. The fourth-order valence-corrected chi connectivity index (χ4v) is 2.28. The van der Waals surface area contributed by atoms with Gasteiger partial charge in [-0.3, -0.25) is 9.78 Å². The Labute approximate surface area is 135 Å². The number of carbonyl (C=O) groups is 1. The molecule has 0 saturated carbocycles. The van der Waals surface area contributed by atoms with Crippen molar-refractivity contribution in [1.29, 1.82) is 0 Å². The zero-order valence-corrected chi connectivity index (χ0v) is 12.3. The molecule has 0 bridgehead atoms. The number of anilines is 1. The molecule has 4 rings (SSSR count). The normalized spacial score (nSPS) is 10.8. The van der Waals surface area contributed by atoms with Gasteiger partial charge in [0.1, 0.15) is 11.3 Å². The number of pyridine rings is 1. The Balaban J connectivity index is 1.69. The summed E-state index contributed by atoms with van der Waals surface area (Å²) in [7, 11) is 0. The van der Waals surface area contributed by atoms with Gasteiger partial charge in [0.05, 0.1) is 18.0 Å². The van der Waals surface area contributed by atoms with Crippen LogP contribution in [0, 0.1) is 0 Å². The van der Waals surface area contributed by atoms with Crippen molar-refractivity contribution < 1.29 is 18.7 Å². The maximum Gasteiger partial charge on any atom is 0.291 e. The molecule has 0 fully saturated rings. The molecule has 7 heteroatoms. The van der Waals surface area contributed by atoms with Gasteiger partial charge in [-0.2, -0.15) is 0 Å². The Morgan fingerprint density at radius 1 is 1.21 bits per heavy atom. The van der Waals surface area contributed by atoms with Crippen LogP contribution >= 0.6 is 0 Å². The molecule has 118 valence electrons. The number of carbonyl (C=O) groups excluding carboxylic acids is 1. The summed E-state index contributed by atoms with van der Waals surface area (Å²) in [4.78, 5) is 20.3. The third kappa shape index (κ3) is 2.48. The van der Waals surface area contributed by atoms with Gasteiger partial charge in [0.25, 0.3) is 5.91 Å². The van der Waals surface area contributed by atoms with Crippen LogP contribution in [-0.2, 0) is 0 Å². The van der Waals surface area contributed by atoms with E-state index in [1.165, 1.54) is 12.3 Å². The predicted octanol–water partition coefficient (Wildman–Crippen LogP) is 3.44. The quantitative estimate of drug-likeness (QED) is 0.560. The number of fused-ring (bicyclic) bond motifs is 1. The lowest BCUT2D eigenvalue weighted by Crippen LogP contribution is -2.10. The monoisotopic (exact) mass is 321 g/mol. The first kappa shape index (κ1) is 14.0. The minimum atomic E-state index is -0.390. The maximum atomic E-state index is 12.0. The average Bonchev–Trinajstić information content (AvgIpc) is 3.25. The number of phenols is 1. The Bertz CT molecular complexity index is 988. The van der Waals surface area contributed by atoms with Crippen LogP contribution in [0.5, 0.6) is 5.75 Å². The number of aromatic nitrogens is 2. The van der Waals surface area contributed by atoms with Crippen molar-refractivity contribution in [3.8, 4) is 17.2 Å². The van der Waals surface area contributed by atoms with Gasteiger partial charge in [0, 0.05) is 18.0 Å². The number of rotatable bonds is 3. The van der Waals surface area contributed by atoms with E-state index in [9.17, 15) is 9.90 Å². The first-order valence-electron chi connectivity index (χ1n) is 7.09. The number of hydrogen-bond donors (Lipinski definition) is 2. The van der Waals surface area contributed by atoms with Gasteiger partial charge in [-0.25, -0.2) is 4.98 Å². The Kier molecular flexibility index (Phi) is 3.24. The number of nitrogens with zero attached hydrogens (tertiary/aromatic N) is 2. The molecule has 0 unspecified atom stereocenters. The van der Waals surface area contributed by atoms with Crippen LogP contribution in [0.4, 0.5) is 5.69 Å². The highest BCUT2D eigenvalue weighted by molar-refractivity contribution is 6.02. The lowest BCUT2D eigenvalue weighted by atomic mass is 10.1. The molecule has 7 nitrogen and oxygen atoms in total. The number of hydrogen-bond acceptors (Lipinski definition) is 6. The molecule has 4 aromatic rings. The summed E-state index contributed by atoms with van der Waals surface area (Å²) in [6, 6.07) is 9.48. The minimum absolute atomic E-state index is 0.00878. The first-order chi connectivity index (χ1) is 11.7. The number of phenolic OH excluding ortho intramolecular Hbond substituents is 1. The summed E-state index contributed by atoms with van der Waals surface area (Å²) in [5.74, 6) is 0.0334. The van der Waals surface area contributed by atoms with Crippen molar-refractivity contribution in [3.63, 3.8) is 0 Å². The molecule has 0 spiro atoms. The summed E-state index contributed by atoms with van der Waals surface area (Å²) in [5.41, 5.74) is 1.98. The third-order valence-electron chi connectivity index (χ3n) is 3.42. The summed E-state index contributed by atoms with van der Waals surface area (Å²) < 4.78 is 10.7. The Morgan fingerprint density at radius 3 is 2.92 bits per heavy atom. The molecule has 0 atom stereocenters. The van der Waals surface area contributed by atoms with Crippen molar-refractivity contribution in [2.75, 3.05) is 5.32 Å². The summed E-state index contributed by atoms with van der Waals surface area (Å²) >= 11 is 0. The smallest absolute Gasteiger partial charge is 0.291 e. The molecule has 24 heavy (non-hydrogen) atoms. The van der Waals surface area contributed by atoms with E-state index >= 15 is 0 Å². The third-order valence-corrected chi connectivity index (χ3v) is 3.42. The van der Waals surface area contributed by atoms with E-state index in [1.54, 1.807) is 42.7 Å². The van der Waals surface area contributed by atoms with E-state index in [0.717, 1.165) is 0 Å². The average molecular weight is 321 g/mol. The summed E-state index contributed by atoms with van der Waals surface area (Å²) in [6.07, 6.45) is 4.59. The van der Waals surface area contributed by atoms with Crippen LogP contribution in [0.25, 0.3) is 22.6 Å². The molecule has 0 aliphatic heterocycles. The SMILES string of the molecule is O=C(Nc1ccc(O)c(-c2nc3cnccc3o2)c1)c1ccco1. The number of furan rings is 1. The van der Waals surface area contributed by atoms with E-state index < -0.39 is 5.91 Å². The fourth-order valence-electron chi connectivity index (χ4n) is 2.28. The Hall–Kier alpha value is -3.61. The zero-order valence-electron chi connectivity index (χ0n) is 12.3. The number of benzene rings is 1. The van der Waals surface area contributed by atoms with E-state index in [0.29, 0.717) is 22.4 Å². The van der Waals surface area contributed by atoms with Crippen molar-refractivity contribution in [1.82, 2.24) is 9.97 Å². The largest absolute Gasteiger partial charge is 0.507 e. The second kappa shape index (κ2) is 5.54. The highest BCUT2D eigenvalue weighted by Crippen LogP contribution is 2.33. The number of oxazole rings is 1. The molecule has 0 aliphatic rings. The molecule has 3 aromatic heterocycles. The summed E-state index contributed by atoms with van der Waals surface area (Å²) in [6.45, 7) is 0. The van der Waals surface area contributed by atoms with Crippen molar-refractivity contribution in [3.05, 3.63) is 60.8 Å². The van der Waals surface area contributed by atoms with Crippen molar-refractivity contribution in [2.45, 2.75) is 0 Å². The summed E-state index contributed by atoms with van der Waals surface area (Å²) in [5, 5.41) is 12.8. The van der Waals surface area contributed by atoms with E-state index in [2.05, 4.69) is 15.3 Å². The molecule has 2 N–H and O–H groups in total. The zero-order chi connectivity index (χ0) is 16.5. The van der Waals surface area contributed by atoms with Crippen LogP contribution < -0.4 is 5.32 Å². The van der Waals surface area contributed by atoms with Crippen molar-refractivity contribution in [2.24, 2.45) is 0 Å². The van der Waals surface area contributed by atoms with Crippen LogP contribution in [0.15, 0.2) is 63.9 Å². The fraction of sp³-hybridized carbons (Fsp3) is 0. The molecule has 0 aliphatic carbocycles. The number of amides is 1. The Morgan fingerprint density at radius 2 is 2.12 bits per heavy atom. The van der Waals surface area contributed by atoms with Gasteiger partial charge in [0.15, 0.2) is 11.3 Å². The van der Waals surface area contributed by atoms with Gasteiger partial charge in [-0.15, -0.1) is 0 Å². The van der Waals surface area contributed by atoms with Gasteiger partial charge in [-0.1, -0.05) is 0 Å². The van der Waals surface area contributed by atoms with Gasteiger partial charge in [0.2, 0.25) is 5.89 Å². The topological polar surface area (TPSA) is 101 Å². The molecule has 1 amide bonds. The highest BCUT2D eigenvalue weighted by atomic mass is 16.4. The van der Waals surface area contributed by atoms with Crippen LogP contribution in [0.3, 0.4) is 0 Å². The van der Waals surface area contributed by atoms with E-state index in [1.807, 2.05) is 0 Å². The molecule has 3 heterocycles. The molecule has 0 saturated heterocycles. The standard InChI is InChI=1S/C17H11N3O4/c21-13-4-3-10(19-16(22)15-2-1-7-23-15)8-11(13)17-20-12-9-18-6-5-14(12)24-17/h1-9,21H,(H,19,22). The van der Waals surface area contributed by atoms with E-state index in [-0.39, 0.29) is 17.4 Å². The van der Waals surface area contributed by atoms with Crippen LogP contribution in [-0.4, -0.2) is 21.0 Å². The maximum absolute atomic E-state index is 12.0.